The third kappa shape index (κ3) is 4.82. The second kappa shape index (κ2) is 9.55. The number of hydrogen-bond donors (Lipinski definition) is 0. The van der Waals surface area contributed by atoms with Gasteiger partial charge in [-0.25, -0.2) is 0 Å². The molecule has 6 nitrogen and oxygen atoms in total. The number of nitrogens with zero attached hydrogens (tertiary/aromatic N) is 3. The Morgan fingerprint density at radius 1 is 1.21 bits per heavy atom. The number of rotatable bonds is 6. The molecule has 2 saturated heterocycles. The minimum atomic E-state index is -4.61. The van der Waals surface area contributed by atoms with Crippen LogP contribution >= 0.6 is 0 Å². The summed E-state index contributed by atoms with van der Waals surface area (Å²) in [6, 6.07) is 14.6. The topological polar surface area (TPSA) is 65.8 Å². The maximum atomic E-state index is 13.5. The van der Waals surface area contributed by atoms with Crippen LogP contribution < -0.4 is 9.64 Å². The van der Waals surface area contributed by atoms with E-state index in [0.717, 1.165) is 6.07 Å². The monoisotopic (exact) mass is 473 g/mol. The summed E-state index contributed by atoms with van der Waals surface area (Å²) in [4.78, 5) is 16.5. The molecule has 2 fully saturated rings. The first-order valence-electron chi connectivity index (χ1n) is 11.1. The number of carbonyl (C=O) groups excluding carboxylic acids is 1. The molecule has 2 unspecified atom stereocenters. The van der Waals surface area contributed by atoms with E-state index in [4.69, 9.17) is 14.7 Å². The number of methoxy groups -OCH3 is 1. The van der Waals surface area contributed by atoms with Crippen molar-refractivity contribution in [2.45, 2.75) is 12.6 Å². The summed E-state index contributed by atoms with van der Waals surface area (Å²) in [6.07, 6.45) is -3.93. The van der Waals surface area contributed by atoms with Crippen molar-refractivity contribution in [1.82, 2.24) is 4.90 Å². The molecule has 2 aromatic rings. The summed E-state index contributed by atoms with van der Waals surface area (Å²) in [6.45, 7) is 2.43. The van der Waals surface area contributed by atoms with E-state index < -0.39 is 17.3 Å². The zero-order valence-corrected chi connectivity index (χ0v) is 18.8. The van der Waals surface area contributed by atoms with Gasteiger partial charge in [-0.05, 0) is 36.8 Å². The number of carbonyl (C=O) groups is 1. The van der Waals surface area contributed by atoms with E-state index in [-0.39, 0.29) is 23.8 Å². The molecule has 0 bridgehead atoms. The number of likely N-dealkylation sites (tertiary alicyclic amines) is 1. The molecule has 0 spiro atoms. The van der Waals surface area contributed by atoms with Crippen LogP contribution in [0.4, 0.5) is 18.9 Å². The van der Waals surface area contributed by atoms with Crippen LogP contribution in [0.5, 0.6) is 5.75 Å². The zero-order valence-electron chi connectivity index (χ0n) is 18.8. The number of ether oxygens (including phenoxy) is 2. The number of nitriles is 1. The lowest BCUT2D eigenvalue weighted by atomic mass is 9.73. The third-order valence-electron chi connectivity index (χ3n) is 6.82. The molecule has 0 N–H and O–H groups in total. The molecule has 4 rings (SSSR count). The fraction of sp³-hybridized carbons (Fsp3) is 0.440. The average Bonchev–Trinajstić information content (AvgIpc) is 3.21. The van der Waals surface area contributed by atoms with Gasteiger partial charge in [0.1, 0.15) is 5.75 Å². The third-order valence-corrected chi connectivity index (χ3v) is 6.82. The predicted molar refractivity (Wildman–Crippen MR) is 119 cm³/mol. The van der Waals surface area contributed by atoms with Gasteiger partial charge in [0.05, 0.1) is 23.8 Å². The lowest BCUT2D eigenvalue weighted by molar-refractivity contribution is -0.138. The van der Waals surface area contributed by atoms with E-state index in [1.807, 2.05) is 23.1 Å². The van der Waals surface area contributed by atoms with E-state index in [1.165, 1.54) is 6.07 Å². The number of para-hydroxylation sites is 1. The summed E-state index contributed by atoms with van der Waals surface area (Å²) >= 11 is 0. The Labute approximate surface area is 196 Å². The fourth-order valence-electron chi connectivity index (χ4n) is 5.04. The Kier molecular flexibility index (Phi) is 6.71. The highest BCUT2D eigenvalue weighted by Crippen LogP contribution is 2.45. The smallest absolute Gasteiger partial charge is 0.417 e. The molecule has 180 valence electrons. The maximum absolute atomic E-state index is 13.5. The summed E-state index contributed by atoms with van der Waals surface area (Å²) in [5.41, 5.74) is -1.17. The lowest BCUT2D eigenvalue weighted by Crippen LogP contribution is -2.51. The van der Waals surface area contributed by atoms with Gasteiger partial charge >= 0.3 is 6.18 Å². The van der Waals surface area contributed by atoms with E-state index in [1.54, 1.807) is 36.3 Å². The number of amides is 1. The number of anilines is 1. The highest BCUT2D eigenvalue weighted by molar-refractivity contribution is 5.78. The molecule has 2 atom stereocenters. The summed E-state index contributed by atoms with van der Waals surface area (Å²) < 4.78 is 51.6. The normalized spacial score (nSPS) is 22.3. The summed E-state index contributed by atoms with van der Waals surface area (Å²) in [5.74, 6) is 0.535. The Morgan fingerprint density at radius 3 is 2.65 bits per heavy atom. The van der Waals surface area contributed by atoms with Gasteiger partial charge in [-0.2, -0.15) is 18.4 Å². The molecule has 2 aromatic carbocycles. The number of alkyl halides is 3. The molecule has 0 aliphatic carbocycles. The van der Waals surface area contributed by atoms with Crippen molar-refractivity contribution in [2.75, 3.05) is 51.4 Å². The van der Waals surface area contributed by atoms with E-state index in [0.29, 0.717) is 50.6 Å². The first-order chi connectivity index (χ1) is 16.3. The molecule has 2 aliphatic rings. The van der Waals surface area contributed by atoms with Gasteiger partial charge < -0.3 is 19.3 Å². The first-order valence-corrected chi connectivity index (χ1v) is 11.1. The van der Waals surface area contributed by atoms with Crippen LogP contribution in [0.25, 0.3) is 0 Å². The van der Waals surface area contributed by atoms with Crippen molar-refractivity contribution in [2.24, 2.45) is 11.3 Å². The van der Waals surface area contributed by atoms with Crippen LogP contribution in [0.3, 0.4) is 0 Å². The summed E-state index contributed by atoms with van der Waals surface area (Å²) in [5, 5.41) is 9.09. The minimum Gasteiger partial charge on any atom is -0.484 e. The van der Waals surface area contributed by atoms with Crippen LogP contribution in [-0.2, 0) is 15.7 Å². The van der Waals surface area contributed by atoms with Gasteiger partial charge in [-0.3, -0.25) is 4.79 Å². The zero-order chi connectivity index (χ0) is 24.3. The van der Waals surface area contributed by atoms with E-state index >= 15 is 0 Å². The van der Waals surface area contributed by atoms with Gasteiger partial charge in [0.15, 0.2) is 6.61 Å². The molecular weight excluding hydrogens is 447 g/mol. The predicted octanol–water partition coefficient (Wildman–Crippen LogP) is 3.96. The van der Waals surface area contributed by atoms with Gasteiger partial charge in [-0.1, -0.05) is 18.2 Å². The molecule has 0 aromatic heterocycles. The number of piperidine rings is 1. The highest BCUT2D eigenvalue weighted by Gasteiger charge is 2.50. The molecule has 9 heteroatoms. The molecule has 2 aliphatic heterocycles. The molecule has 2 heterocycles. The van der Waals surface area contributed by atoms with Crippen molar-refractivity contribution in [3.63, 3.8) is 0 Å². The van der Waals surface area contributed by atoms with Crippen molar-refractivity contribution in [1.29, 1.82) is 5.26 Å². The number of benzene rings is 2. The fourth-order valence-corrected chi connectivity index (χ4v) is 5.04. The quantitative estimate of drug-likeness (QED) is 0.636. The molecule has 34 heavy (non-hydrogen) atoms. The number of hydrogen-bond acceptors (Lipinski definition) is 5. The maximum Gasteiger partial charge on any atom is 0.417 e. The van der Waals surface area contributed by atoms with Crippen LogP contribution in [0.15, 0.2) is 48.5 Å². The molecular formula is C25H26F3N3O3. The Balaban J connectivity index is 1.49. The molecule has 1 amide bonds. The molecule has 0 saturated carbocycles. The van der Waals surface area contributed by atoms with Crippen molar-refractivity contribution >= 4 is 11.6 Å². The van der Waals surface area contributed by atoms with Crippen molar-refractivity contribution < 1.29 is 27.4 Å². The van der Waals surface area contributed by atoms with Crippen LogP contribution in [0, 0.1) is 22.7 Å². The highest BCUT2D eigenvalue weighted by atomic mass is 19.4. The average molecular weight is 473 g/mol. The van der Waals surface area contributed by atoms with Gasteiger partial charge in [0.2, 0.25) is 0 Å². The van der Waals surface area contributed by atoms with E-state index in [9.17, 15) is 18.0 Å². The SMILES string of the molecule is COCC12CCN(C(=O)COc3ccccc3)CC1CN(c1ccc(C#N)c(C(F)(F)F)c1)C2. The van der Waals surface area contributed by atoms with Gasteiger partial charge in [0.25, 0.3) is 5.91 Å². The van der Waals surface area contributed by atoms with Crippen molar-refractivity contribution in [3.05, 3.63) is 59.7 Å². The Bertz CT molecular complexity index is 1070. The van der Waals surface area contributed by atoms with Gasteiger partial charge in [-0.15, -0.1) is 0 Å². The lowest BCUT2D eigenvalue weighted by Gasteiger charge is -2.42. The van der Waals surface area contributed by atoms with Crippen LogP contribution in [0.2, 0.25) is 0 Å². The van der Waals surface area contributed by atoms with Crippen LogP contribution in [-0.4, -0.2) is 57.3 Å². The Morgan fingerprint density at radius 2 is 1.97 bits per heavy atom. The first kappa shape index (κ1) is 23.9. The van der Waals surface area contributed by atoms with Gasteiger partial charge in [0, 0.05) is 50.3 Å². The Hall–Kier alpha value is -3.25. The van der Waals surface area contributed by atoms with Crippen molar-refractivity contribution in [3.8, 4) is 11.8 Å². The second-order valence-electron chi connectivity index (χ2n) is 8.90. The van der Waals surface area contributed by atoms with Crippen LogP contribution in [0.1, 0.15) is 17.5 Å². The number of fused-ring (bicyclic) bond motifs is 1. The minimum absolute atomic E-state index is 0.0341. The second-order valence-corrected chi connectivity index (χ2v) is 8.90. The summed E-state index contributed by atoms with van der Waals surface area (Å²) in [7, 11) is 1.61. The number of halogens is 3. The molecule has 0 radical (unpaired) electrons. The standard InChI is InChI=1S/C25H26F3N3O3/c1-33-17-24-9-10-30(23(32)15-34-21-5-3-2-4-6-21)13-19(24)14-31(16-24)20-8-7-18(12-29)22(11-20)25(26,27)28/h2-8,11,19H,9-10,13-17H2,1H3. The van der Waals surface area contributed by atoms with E-state index in [2.05, 4.69) is 0 Å². The largest absolute Gasteiger partial charge is 0.484 e.